The van der Waals surface area contributed by atoms with Crippen molar-refractivity contribution in [3.8, 4) is 17.2 Å². The summed E-state index contributed by atoms with van der Waals surface area (Å²) in [5, 5.41) is 28.0. The number of halogens is 1. The van der Waals surface area contributed by atoms with Gasteiger partial charge in [0.05, 0.1) is 0 Å². The summed E-state index contributed by atoms with van der Waals surface area (Å²) in [5.41, 5.74) is 1.01. The lowest BCUT2D eigenvalue weighted by Crippen LogP contribution is -1.81. The smallest absolute Gasteiger partial charge is 0.206 e. The van der Waals surface area contributed by atoms with Gasteiger partial charge in [0.2, 0.25) is 5.82 Å². The Hall–Kier alpha value is -2.49. The van der Waals surface area contributed by atoms with E-state index < -0.39 is 17.3 Å². The zero-order chi connectivity index (χ0) is 13.1. The summed E-state index contributed by atoms with van der Waals surface area (Å²) in [6, 6.07) is 9.08. The fourth-order valence-electron chi connectivity index (χ4n) is 1.53. The van der Waals surface area contributed by atoms with Crippen LogP contribution in [0.15, 0.2) is 36.4 Å². The van der Waals surface area contributed by atoms with Crippen LogP contribution >= 0.6 is 0 Å². The quantitative estimate of drug-likeness (QED) is 0.713. The van der Waals surface area contributed by atoms with Gasteiger partial charge in [-0.3, -0.25) is 0 Å². The van der Waals surface area contributed by atoms with Gasteiger partial charge in [0.15, 0.2) is 11.5 Å². The molecule has 2 aromatic rings. The predicted octanol–water partition coefficient (Wildman–Crippen LogP) is 3.11. The van der Waals surface area contributed by atoms with Crippen LogP contribution in [0.4, 0.5) is 4.39 Å². The molecule has 0 spiro atoms. The van der Waals surface area contributed by atoms with Crippen LogP contribution in [-0.2, 0) is 0 Å². The molecule has 0 saturated carbocycles. The van der Waals surface area contributed by atoms with Crippen LogP contribution in [0.25, 0.3) is 12.2 Å². The molecule has 0 aliphatic rings. The van der Waals surface area contributed by atoms with E-state index in [0.29, 0.717) is 11.1 Å². The summed E-state index contributed by atoms with van der Waals surface area (Å²) in [6.07, 6.45) is 3.15. The summed E-state index contributed by atoms with van der Waals surface area (Å²) < 4.78 is 13.0. The van der Waals surface area contributed by atoms with E-state index in [-0.39, 0.29) is 5.75 Å². The Bertz CT molecular complexity index is 583. The molecule has 3 N–H and O–H groups in total. The van der Waals surface area contributed by atoms with E-state index in [4.69, 9.17) is 0 Å². The third-order valence-electron chi connectivity index (χ3n) is 2.45. The molecule has 0 aliphatic heterocycles. The van der Waals surface area contributed by atoms with Gasteiger partial charge in [-0.25, -0.2) is 0 Å². The van der Waals surface area contributed by atoms with Crippen LogP contribution in [-0.4, -0.2) is 15.3 Å². The van der Waals surface area contributed by atoms with E-state index in [1.807, 2.05) is 0 Å². The monoisotopic (exact) mass is 246 g/mol. The van der Waals surface area contributed by atoms with Gasteiger partial charge >= 0.3 is 0 Å². The van der Waals surface area contributed by atoms with E-state index in [9.17, 15) is 19.7 Å². The van der Waals surface area contributed by atoms with Gasteiger partial charge in [0.1, 0.15) is 5.75 Å². The molecule has 0 saturated heterocycles. The number of aromatic hydroxyl groups is 3. The molecule has 2 rings (SSSR count). The molecule has 0 fully saturated rings. The molecule has 0 atom stereocenters. The topological polar surface area (TPSA) is 60.7 Å². The first-order valence-corrected chi connectivity index (χ1v) is 5.25. The summed E-state index contributed by atoms with van der Waals surface area (Å²) >= 11 is 0. The first kappa shape index (κ1) is 12.0. The molecule has 3 nitrogen and oxygen atoms in total. The second-order valence-corrected chi connectivity index (χ2v) is 3.77. The highest BCUT2D eigenvalue weighted by Crippen LogP contribution is 2.28. The Labute approximate surface area is 103 Å². The highest BCUT2D eigenvalue weighted by atomic mass is 19.1. The fourth-order valence-corrected chi connectivity index (χ4v) is 1.53. The highest BCUT2D eigenvalue weighted by molar-refractivity contribution is 5.73. The number of benzene rings is 2. The van der Waals surface area contributed by atoms with Crippen molar-refractivity contribution in [2.45, 2.75) is 0 Å². The Balaban J connectivity index is 2.33. The average molecular weight is 246 g/mol. The Morgan fingerprint density at radius 3 is 2.06 bits per heavy atom. The maximum atomic E-state index is 13.0. The van der Waals surface area contributed by atoms with Crippen molar-refractivity contribution in [3.05, 3.63) is 53.3 Å². The molecule has 0 bridgehead atoms. The van der Waals surface area contributed by atoms with Crippen LogP contribution in [0.3, 0.4) is 0 Å². The molecule has 0 radical (unpaired) electrons. The Morgan fingerprint density at radius 1 is 0.833 bits per heavy atom. The fraction of sp³-hybridized carbons (Fsp3) is 0. The third kappa shape index (κ3) is 2.43. The van der Waals surface area contributed by atoms with Crippen molar-refractivity contribution in [2.75, 3.05) is 0 Å². The molecule has 0 aliphatic carbocycles. The first-order valence-electron chi connectivity index (χ1n) is 5.25. The van der Waals surface area contributed by atoms with Crippen molar-refractivity contribution in [3.63, 3.8) is 0 Å². The number of hydrogen-bond acceptors (Lipinski definition) is 3. The second-order valence-electron chi connectivity index (χ2n) is 3.77. The van der Waals surface area contributed by atoms with E-state index in [1.165, 1.54) is 12.1 Å². The largest absolute Gasteiger partial charge is 0.507 e. The molecule has 0 amide bonds. The third-order valence-corrected chi connectivity index (χ3v) is 2.45. The summed E-state index contributed by atoms with van der Waals surface area (Å²) in [5.74, 6) is -2.17. The maximum absolute atomic E-state index is 13.0. The molecule has 0 unspecified atom stereocenters. The van der Waals surface area contributed by atoms with E-state index in [0.717, 1.165) is 0 Å². The average Bonchev–Trinajstić information content (AvgIpc) is 2.35. The lowest BCUT2D eigenvalue weighted by Gasteiger charge is -2.01. The van der Waals surface area contributed by atoms with E-state index >= 15 is 0 Å². The van der Waals surface area contributed by atoms with Gasteiger partial charge in [0.25, 0.3) is 0 Å². The van der Waals surface area contributed by atoms with Crippen LogP contribution in [0, 0.1) is 5.82 Å². The number of rotatable bonds is 2. The predicted molar refractivity (Wildman–Crippen MR) is 66.8 cm³/mol. The lowest BCUT2D eigenvalue weighted by molar-refractivity contribution is 0.389. The van der Waals surface area contributed by atoms with Crippen molar-refractivity contribution in [1.29, 1.82) is 0 Å². The minimum atomic E-state index is -1.05. The van der Waals surface area contributed by atoms with E-state index in [2.05, 4.69) is 0 Å². The Kier molecular flexibility index (Phi) is 3.19. The molecule has 2 aromatic carbocycles. The summed E-state index contributed by atoms with van der Waals surface area (Å²) in [4.78, 5) is 0. The van der Waals surface area contributed by atoms with Crippen molar-refractivity contribution in [2.24, 2.45) is 0 Å². The summed E-state index contributed by atoms with van der Waals surface area (Å²) in [6.45, 7) is 0. The standard InChI is InChI=1S/C14H11FO3/c15-14-12(17)7-9(8-13(14)18)5-6-10-3-1-2-4-11(10)16/h1-8,16-18H/b6-5+. The van der Waals surface area contributed by atoms with Crippen molar-refractivity contribution in [1.82, 2.24) is 0 Å². The summed E-state index contributed by atoms with van der Waals surface area (Å²) in [7, 11) is 0. The van der Waals surface area contributed by atoms with Crippen LogP contribution in [0.2, 0.25) is 0 Å². The zero-order valence-electron chi connectivity index (χ0n) is 9.34. The zero-order valence-corrected chi connectivity index (χ0v) is 9.34. The molecule has 0 aromatic heterocycles. The number of para-hydroxylation sites is 1. The van der Waals surface area contributed by atoms with Gasteiger partial charge in [-0.15, -0.1) is 0 Å². The van der Waals surface area contributed by atoms with Crippen molar-refractivity contribution >= 4 is 12.2 Å². The number of phenols is 3. The molecular formula is C14H11FO3. The molecule has 0 heterocycles. The second kappa shape index (κ2) is 4.79. The van der Waals surface area contributed by atoms with Crippen LogP contribution in [0.5, 0.6) is 17.2 Å². The van der Waals surface area contributed by atoms with Crippen molar-refractivity contribution < 1.29 is 19.7 Å². The van der Waals surface area contributed by atoms with Gasteiger partial charge in [-0.05, 0) is 23.8 Å². The van der Waals surface area contributed by atoms with Gasteiger partial charge in [-0.2, -0.15) is 4.39 Å². The molecule has 18 heavy (non-hydrogen) atoms. The minimum Gasteiger partial charge on any atom is -0.507 e. The van der Waals surface area contributed by atoms with Crippen LogP contribution < -0.4 is 0 Å². The molecule has 4 heteroatoms. The number of hydrogen-bond donors (Lipinski definition) is 3. The van der Waals surface area contributed by atoms with Crippen LogP contribution in [0.1, 0.15) is 11.1 Å². The number of phenolic OH excluding ortho intramolecular Hbond substituents is 3. The first-order chi connectivity index (χ1) is 8.58. The van der Waals surface area contributed by atoms with Gasteiger partial charge < -0.3 is 15.3 Å². The van der Waals surface area contributed by atoms with E-state index in [1.54, 1.807) is 36.4 Å². The maximum Gasteiger partial charge on any atom is 0.206 e. The lowest BCUT2D eigenvalue weighted by atomic mass is 10.1. The molecular weight excluding hydrogens is 235 g/mol. The normalized spacial score (nSPS) is 10.9. The SMILES string of the molecule is Oc1ccccc1/C=C/c1cc(O)c(F)c(O)c1. The molecule has 92 valence electrons. The highest BCUT2D eigenvalue weighted by Gasteiger charge is 2.07. The van der Waals surface area contributed by atoms with Gasteiger partial charge in [0, 0.05) is 5.56 Å². The Morgan fingerprint density at radius 2 is 1.44 bits per heavy atom. The minimum absolute atomic E-state index is 0.115. The van der Waals surface area contributed by atoms with Gasteiger partial charge in [-0.1, -0.05) is 30.4 Å².